The highest BCUT2D eigenvalue weighted by atomic mass is 16.5. The van der Waals surface area contributed by atoms with Gasteiger partial charge in [-0.1, -0.05) is 26.0 Å². The van der Waals surface area contributed by atoms with Gasteiger partial charge in [-0.25, -0.2) is 4.98 Å². The van der Waals surface area contributed by atoms with Crippen LogP contribution in [0.2, 0.25) is 0 Å². The first-order valence-electron chi connectivity index (χ1n) is 13.3. The Morgan fingerprint density at radius 2 is 1.77 bits per heavy atom. The van der Waals surface area contributed by atoms with Gasteiger partial charge in [0.15, 0.2) is 11.5 Å². The van der Waals surface area contributed by atoms with Gasteiger partial charge in [0.25, 0.3) is 11.5 Å². The van der Waals surface area contributed by atoms with Gasteiger partial charge in [-0.3, -0.25) is 19.4 Å². The van der Waals surface area contributed by atoms with Gasteiger partial charge >= 0.3 is 0 Å². The topological polar surface area (TPSA) is 102 Å². The number of benzene rings is 1. The molecule has 1 fully saturated rings. The van der Waals surface area contributed by atoms with E-state index in [-0.39, 0.29) is 22.5 Å². The Bertz CT molecular complexity index is 1680. The molecule has 1 aliphatic rings. The summed E-state index contributed by atoms with van der Waals surface area (Å²) in [4.78, 5) is 34.2. The molecule has 1 saturated heterocycles. The van der Waals surface area contributed by atoms with E-state index in [1.54, 1.807) is 31.0 Å². The van der Waals surface area contributed by atoms with E-state index < -0.39 is 0 Å². The van der Waals surface area contributed by atoms with Crippen LogP contribution in [0.4, 0.5) is 0 Å². The largest absolute Gasteiger partial charge is 0.493 e. The molecule has 2 atom stereocenters. The van der Waals surface area contributed by atoms with Gasteiger partial charge in [0.2, 0.25) is 0 Å². The fourth-order valence-corrected chi connectivity index (χ4v) is 5.75. The Kier molecular flexibility index (Phi) is 7.16. The highest BCUT2D eigenvalue weighted by Gasteiger charge is 2.28. The third-order valence-electron chi connectivity index (χ3n) is 7.59. The van der Waals surface area contributed by atoms with Crippen LogP contribution in [0.15, 0.2) is 47.4 Å². The number of nitrogens with zero attached hydrogens (tertiary/aromatic N) is 4. The van der Waals surface area contributed by atoms with Crippen molar-refractivity contribution >= 4 is 22.6 Å². The van der Waals surface area contributed by atoms with Crippen LogP contribution in [0, 0.1) is 24.2 Å². The van der Waals surface area contributed by atoms with Gasteiger partial charge in [0.1, 0.15) is 16.8 Å². The minimum Gasteiger partial charge on any atom is -0.493 e. The number of aromatic nitrogens is 3. The molecular weight excluding hydrogens is 494 g/mol. The van der Waals surface area contributed by atoms with Crippen LogP contribution in [-0.2, 0) is 13.0 Å². The maximum Gasteiger partial charge on any atom is 0.267 e. The van der Waals surface area contributed by atoms with Crippen LogP contribution < -0.4 is 20.5 Å². The molecule has 5 rings (SSSR count). The van der Waals surface area contributed by atoms with Gasteiger partial charge in [-0.15, -0.1) is 0 Å². The number of aryl methyl sites for hydroxylation is 3. The summed E-state index contributed by atoms with van der Waals surface area (Å²) in [5.41, 5.74) is 2.78. The quantitative estimate of drug-likeness (QED) is 0.383. The molecule has 0 bridgehead atoms. The van der Waals surface area contributed by atoms with Crippen LogP contribution in [0.25, 0.3) is 16.7 Å². The molecule has 9 heteroatoms. The van der Waals surface area contributed by atoms with E-state index in [0.29, 0.717) is 66.1 Å². The lowest BCUT2D eigenvalue weighted by atomic mass is 9.91. The summed E-state index contributed by atoms with van der Waals surface area (Å²) in [6, 6.07) is 11.0. The Hall–Kier alpha value is -4.14. The molecule has 0 saturated carbocycles. The second-order valence-electron chi connectivity index (χ2n) is 10.7. The molecule has 0 radical (unpaired) electrons. The summed E-state index contributed by atoms with van der Waals surface area (Å²) < 4.78 is 14.0. The fraction of sp³-hybridized carbons (Fsp3) is 0.400. The predicted molar refractivity (Wildman–Crippen MR) is 150 cm³/mol. The van der Waals surface area contributed by atoms with E-state index in [1.165, 1.54) is 4.40 Å². The molecule has 4 aromatic rings. The summed E-state index contributed by atoms with van der Waals surface area (Å²) in [6.07, 6.45) is 3.29. The first-order chi connectivity index (χ1) is 18.7. The average Bonchev–Trinajstić information content (AvgIpc) is 2.92. The van der Waals surface area contributed by atoms with E-state index in [1.807, 2.05) is 42.2 Å². The first-order valence-corrected chi connectivity index (χ1v) is 13.3. The molecule has 0 aliphatic carbocycles. The molecule has 1 amide bonds. The predicted octanol–water partition coefficient (Wildman–Crippen LogP) is 3.82. The van der Waals surface area contributed by atoms with Gasteiger partial charge in [0, 0.05) is 25.8 Å². The monoisotopic (exact) mass is 529 g/mol. The van der Waals surface area contributed by atoms with E-state index >= 15 is 0 Å². The summed E-state index contributed by atoms with van der Waals surface area (Å²) in [5.74, 6) is 1.79. The van der Waals surface area contributed by atoms with Crippen molar-refractivity contribution in [2.24, 2.45) is 11.8 Å². The van der Waals surface area contributed by atoms with Crippen molar-refractivity contribution in [2.45, 2.75) is 40.2 Å². The van der Waals surface area contributed by atoms with E-state index in [2.05, 4.69) is 13.8 Å². The molecule has 1 N–H and O–H groups in total. The number of hydrogen-bond acceptors (Lipinski definition) is 6. The van der Waals surface area contributed by atoms with Crippen molar-refractivity contribution in [3.63, 3.8) is 0 Å². The zero-order chi connectivity index (χ0) is 27.8. The van der Waals surface area contributed by atoms with Crippen LogP contribution in [0.5, 0.6) is 11.5 Å². The smallest absolute Gasteiger partial charge is 0.267 e. The standard InChI is InChI=1S/C30H35N5O4/c1-18-13-19(2)17-33(16-18)29(36)22-15-23-28(32-27-20(3)7-6-11-35(27)30(23)37)34(26(22)31)12-10-21-8-9-24(38-4)25(14-21)39-5/h6-9,11,14-15,18-19,31H,10,12-13,16-17H2,1-5H3. The number of likely N-dealkylation sites (tertiary alicyclic amines) is 1. The number of fused-ring (bicyclic) bond motifs is 2. The van der Waals surface area contributed by atoms with Crippen molar-refractivity contribution in [2.75, 3.05) is 27.3 Å². The molecule has 39 heavy (non-hydrogen) atoms. The Morgan fingerprint density at radius 3 is 2.46 bits per heavy atom. The van der Waals surface area contributed by atoms with Gasteiger partial charge in [0.05, 0.1) is 25.2 Å². The van der Waals surface area contributed by atoms with Gasteiger partial charge < -0.3 is 18.9 Å². The summed E-state index contributed by atoms with van der Waals surface area (Å²) in [6.45, 7) is 7.83. The van der Waals surface area contributed by atoms with Crippen molar-refractivity contribution < 1.29 is 14.3 Å². The number of hydrogen-bond donors (Lipinski definition) is 1. The van der Waals surface area contributed by atoms with Crippen molar-refractivity contribution in [3.8, 4) is 11.5 Å². The summed E-state index contributed by atoms with van der Waals surface area (Å²) in [7, 11) is 3.18. The maximum atomic E-state index is 13.8. The number of ether oxygens (including phenoxy) is 2. The zero-order valence-electron chi connectivity index (χ0n) is 23.2. The highest BCUT2D eigenvalue weighted by Crippen LogP contribution is 2.28. The number of pyridine rings is 2. The lowest BCUT2D eigenvalue weighted by Gasteiger charge is -2.35. The number of carbonyl (C=O) groups excluding carboxylic acids is 1. The van der Waals surface area contributed by atoms with Crippen molar-refractivity contribution in [1.82, 2.24) is 18.9 Å². The minimum atomic E-state index is -0.256. The van der Waals surface area contributed by atoms with Crippen molar-refractivity contribution in [3.05, 3.63) is 75.1 Å². The fourth-order valence-electron chi connectivity index (χ4n) is 5.75. The Balaban J connectivity index is 1.66. The summed E-state index contributed by atoms with van der Waals surface area (Å²) in [5, 5.41) is 9.46. The van der Waals surface area contributed by atoms with E-state index in [0.717, 1.165) is 17.5 Å². The second kappa shape index (κ2) is 10.6. The number of carbonyl (C=O) groups is 1. The summed E-state index contributed by atoms with van der Waals surface area (Å²) >= 11 is 0. The first kappa shape index (κ1) is 26.5. The second-order valence-corrected chi connectivity index (χ2v) is 10.7. The third kappa shape index (κ3) is 4.89. The van der Waals surface area contributed by atoms with E-state index in [9.17, 15) is 9.59 Å². The molecule has 0 spiro atoms. The van der Waals surface area contributed by atoms with Crippen LogP contribution >= 0.6 is 0 Å². The molecular formula is C30H35N5O4. The molecule has 204 valence electrons. The average molecular weight is 530 g/mol. The van der Waals surface area contributed by atoms with Crippen LogP contribution in [0.3, 0.4) is 0 Å². The Labute approximate surface area is 227 Å². The molecule has 4 heterocycles. The van der Waals surface area contributed by atoms with Gasteiger partial charge in [-0.05, 0) is 67.0 Å². The molecule has 1 aliphatic heterocycles. The molecule has 1 aromatic carbocycles. The maximum absolute atomic E-state index is 13.8. The number of nitrogens with one attached hydrogen (secondary N) is 1. The van der Waals surface area contributed by atoms with Gasteiger partial charge in [-0.2, -0.15) is 0 Å². The normalized spacial score (nSPS) is 17.5. The number of amides is 1. The SMILES string of the molecule is COc1ccc(CCn2c(=N)c(C(=O)N3CC(C)CC(C)C3)cc3c(=O)n4cccc(C)c4nc32)cc1OC. The minimum absolute atomic E-state index is 0.0590. The van der Waals surface area contributed by atoms with E-state index in [4.69, 9.17) is 19.9 Å². The van der Waals surface area contributed by atoms with Crippen LogP contribution in [0.1, 0.15) is 41.8 Å². The third-order valence-corrected chi connectivity index (χ3v) is 7.59. The number of methoxy groups -OCH3 is 2. The molecule has 9 nitrogen and oxygen atoms in total. The number of rotatable bonds is 6. The van der Waals surface area contributed by atoms with Crippen molar-refractivity contribution in [1.29, 1.82) is 5.41 Å². The van der Waals surface area contributed by atoms with Crippen LogP contribution in [-0.4, -0.2) is 52.1 Å². The molecule has 2 unspecified atom stereocenters. The number of piperidine rings is 1. The molecule has 3 aromatic heterocycles. The highest BCUT2D eigenvalue weighted by molar-refractivity contribution is 5.97. The zero-order valence-corrected chi connectivity index (χ0v) is 23.2. The lowest BCUT2D eigenvalue weighted by Crippen LogP contribution is -2.45. The lowest BCUT2D eigenvalue weighted by molar-refractivity contribution is 0.0620. The Morgan fingerprint density at radius 1 is 1.05 bits per heavy atom.